The molecular weight excluding hydrogens is 311 g/mol. The highest BCUT2D eigenvalue weighted by Crippen LogP contribution is 2.26. The number of benzene rings is 1. The molecule has 0 radical (unpaired) electrons. The van der Waals surface area contributed by atoms with E-state index in [1.165, 1.54) is 29.9 Å². The lowest BCUT2D eigenvalue weighted by Crippen LogP contribution is -2.44. The Morgan fingerprint density at radius 3 is 2.61 bits per heavy atom. The standard InChI is InChI=1S/C18H21FN2OS/c19-15-9-7-14(8-10-15)12-20-18(22)21(16-4-1-2-5-16)13-17-6-3-11-23-17/h3,6-11,16H,1-2,4-5,12-13H2,(H,20,22). The smallest absolute Gasteiger partial charge is 0.318 e. The number of hydrogen-bond donors (Lipinski definition) is 1. The first-order chi connectivity index (χ1) is 11.2. The summed E-state index contributed by atoms with van der Waals surface area (Å²) < 4.78 is 12.9. The molecular formula is C18H21FN2OS. The van der Waals surface area contributed by atoms with Gasteiger partial charge in [0.15, 0.2) is 0 Å². The number of nitrogens with zero attached hydrogens (tertiary/aromatic N) is 1. The number of carbonyl (C=O) groups is 1. The highest BCUT2D eigenvalue weighted by molar-refractivity contribution is 7.09. The van der Waals surface area contributed by atoms with E-state index < -0.39 is 0 Å². The zero-order valence-electron chi connectivity index (χ0n) is 13.0. The molecule has 2 aromatic rings. The van der Waals surface area contributed by atoms with Crippen molar-refractivity contribution in [2.75, 3.05) is 0 Å². The van der Waals surface area contributed by atoms with Crippen LogP contribution in [0.25, 0.3) is 0 Å². The molecule has 0 aliphatic heterocycles. The second-order valence-electron chi connectivity index (χ2n) is 5.93. The van der Waals surface area contributed by atoms with Gasteiger partial charge in [0.05, 0.1) is 6.54 Å². The fourth-order valence-electron chi connectivity index (χ4n) is 3.03. The summed E-state index contributed by atoms with van der Waals surface area (Å²) >= 11 is 1.68. The molecule has 0 unspecified atom stereocenters. The molecule has 1 heterocycles. The highest BCUT2D eigenvalue weighted by Gasteiger charge is 2.26. The minimum atomic E-state index is -0.259. The largest absolute Gasteiger partial charge is 0.334 e. The number of halogens is 1. The lowest BCUT2D eigenvalue weighted by Gasteiger charge is -2.28. The molecule has 1 N–H and O–H groups in total. The van der Waals surface area contributed by atoms with Crippen molar-refractivity contribution in [2.45, 2.75) is 44.8 Å². The van der Waals surface area contributed by atoms with E-state index >= 15 is 0 Å². The lowest BCUT2D eigenvalue weighted by atomic mass is 10.2. The van der Waals surface area contributed by atoms with Gasteiger partial charge in [-0.1, -0.05) is 31.0 Å². The Morgan fingerprint density at radius 1 is 1.22 bits per heavy atom. The molecule has 1 saturated carbocycles. The third-order valence-corrected chi connectivity index (χ3v) is 5.15. The van der Waals surface area contributed by atoms with Crippen LogP contribution in [0.1, 0.15) is 36.1 Å². The molecule has 122 valence electrons. The van der Waals surface area contributed by atoms with Crippen LogP contribution in [-0.2, 0) is 13.1 Å². The van der Waals surface area contributed by atoms with Gasteiger partial charge in [-0.25, -0.2) is 9.18 Å². The van der Waals surface area contributed by atoms with E-state index in [2.05, 4.69) is 11.4 Å². The number of nitrogens with one attached hydrogen (secondary N) is 1. The van der Waals surface area contributed by atoms with Crippen molar-refractivity contribution in [3.63, 3.8) is 0 Å². The van der Waals surface area contributed by atoms with Gasteiger partial charge >= 0.3 is 6.03 Å². The van der Waals surface area contributed by atoms with Gasteiger partial charge in [0, 0.05) is 17.5 Å². The fourth-order valence-corrected chi connectivity index (χ4v) is 3.74. The second-order valence-corrected chi connectivity index (χ2v) is 6.96. The van der Waals surface area contributed by atoms with E-state index in [0.29, 0.717) is 19.1 Å². The Hall–Kier alpha value is -1.88. The zero-order chi connectivity index (χ0) is 16.1. The fraction of sp³-hybridized carbons (Fsp3) is 0.389. The van der Waals surface area contributed by atoms with Gasteiger partial charge in [-0.3, -0.25) is 0 Å². The summed E-state index contributed by atoms with van der Waals surface area (Å²) in [5, 5.41) is 5.02. The second kappa shape index (κ2) is 7.59. The van der Waals surface area contributed by atoms with Crippen molar-refractivity contribution in [3.8, 4) is 0 Å². The topological polar surface area (TPSA) is 32.3 Å². The van der Waals surface area contributed by atoms with Gasteiger partial charge in [-0.15, -0.1) is 11.3 Å². The Balaban J connectivity index is 1.63. The van der Waals surface area contributed by atoms with Crippen molar-refractivity contribution in [3.05, 3.63) is 58.0 Å². The first-order valence-corrected chi connectivity index (χ1v) is 8.91. The zero-order valence-corrected chi connectivity index (χ0v) is 13.8. The number of urea groups is 1. The Labute approximate surface area is 140 Å². The summed E-state index contributed by atoms with van der Waals surface area (Å²) in [6.07, 6.45) is 4.54. The van der Waals surface area contributed by atoms with Crippen molar-refractivity contribution in [1.82, 2.24) is 10.2 Å². The first kappa shape index (κ1) is 16.0. The van der Waals surface area contributed by atoms with Gasteiger partial charge in [0.1, 0.15) is 5.82 Å². The third kappa shape index (κ3) is 4.32. The average Bonchev–Trinajstić information content (AvgIpc) is 3.25. The van der Waals surface area contributed by atoms with Crippen LogP contribution in [0.4, 0.5) is 9.18 Å². The molecule has 5 heteroatoms. The maximum atomic E-state index is 12.9. The van der Waals surface area contributed by atoms with Crippen LogP contribution in [0.15, 0.2) is 41.8 Å². The molecule has 1 aromatic carbocycles. The molecule has 0 saturated heterocycles. The molecule has 1 aliphatic carbocycles. The van der Waals surface area contributed by atoms with Gasteiger partial charge in [0.25, 0.3) is 0 Å². The predicted octanol–water partition coefficient (Wildman–Crippen LogP) is 4.54. The molecule has 2 amide bonds. The molecule has 3 rings (SSSR count). The molecule has 0 atom stereocenters. The normalized spacial score (nSPS) is 14.8. The van der Waals surface area contributed by atoms with Crippen LogP contribution < -0.4 is 5.32 Å². The number of rotatable bonds is 5. The quantitative estimate of drug-likeness (QED) is 0.856. The maximum absolute atomic E-state index is 12.9. The summed E-state index contributed by atoms with van der Waals surface area (Å²) in [4.78, 5) is 15.8. The van der Waals surface area contributed by atoms with Gasteiger partial charge in [-0.05, 0) is 42.0 Å². The maximum Gasteiger partial charge on any atom is 0.318 e. The Kier molecular flexibility index (Phi) is 5.28. The molecule has 1 aromatic heterocycles. The summed E-state index contributed by atoms with van der Waals surface area (Å²) in [7, 11) is 0. The van der Waals surface area contributed by atoms with E-state index in [-0.39, 0.29) is 11.8 Å². The highest BCUT2D eigenvalue weighted by atomic mass is 32.1. The van der Waals surface area contributed by atoms with Crippen LogP contribution in [-0.4, -0.2) is 17.0 Å². The Bertz CT molecular complexity index is 621. The number of hydrogen-bond acceptors (Lipinski definition) is 2. The Morgan fingerprint density at radius 2 is 1.96 bits per heavy atom. The molecule has 0 spiro atoms. The van der Waals surface area contributed by atoms with Crippen LogP contribution >= 0.6 is 11.3 Å². The van der Waals surface area contributed by atoms with Gasteiger partial charge in [-0.2, -0.15) is 0 Å². The van der Waals surface area contributed by atoms with E-state index in [4.69, 9.17) is 0 Å². The number of carbonyl (C=O) groups excluding carboxylic acids is 1. The van der Waals surface area contributed by atoms with Crippen molar-refractivity contribution >= 4 is 17.4 Å². The van der Waals surface area contributed by atoms with Crippen LogP contribution in [0.5, 0.6) is 0 Å². The van der Waals surface area contributed by atoms with E-state index in [1.54, 1.807) is 23.5 Å². The average molecular weight is 332 g/mol. The first-order valence-electron chi connectivity index (χ1n) is 8.03. The SMILES string of the molecule is O=C(NCc1ccc(F)cc1)N(Cc1cccs1)C1CCCC1. The van der Waals surface area contributed by atoms with Crippen molar-refractivity contribution in [1.29, 1.82) is 0 Å². The van der Waals surface area contributed by atoms with Crippen molar-refractivity contribution < 1.29 is 9.18 Å². The summed E-state index contributed by atoms with van der Waals surface area (Å²) in [5.74, 6) is -0.259. The van der Waals surface area contributed by atoms with Gasteiger partial charge in [0.2, 0.25) is 0 Å². The van der Waals surface area contributed by atoms with E-state index in [9.17, 15) is 9.18 Å². The van der Waals surface area contributed by atoms with Crippen LogP contribution in [0.2, 0.25) is 0 Å². The van der Waals surface area contributed by atoms with Crippen molar-refractivity contribution in [2.24, 2.45) is 0 Å². The summed E-state index contributed by atoms with van der Waals surface area (Å²) in [6.45, 7) is 1.09. The van der Waals surface area contributed by atoms with Crippen LogP contribution in [0, 0.1) is 5.82 Å². The monoisotopic (exact) mass is 332 g/mol. The minimum Gasteiger partial charge on any atom is -0.334 e. The molecule has 3 nitrogen and oxygen atoms in total. The minimum absolute atomic E-state index is 0.0328. The molecule has 1 fully saturated rings. The number of thiophene rings is 1. The van der Waals surface area contributed by atoms with Gasteiger partial charge < -0.3 is 10.2 Å². The predicted molar refractivity (Wildman–Crippen MR) is 90.8 cm³/mol. The lowest BCUT2D eigenvalue weighted by molar-refractivity contribution is 0.171. The summed E-state index contributed by atoms with van der Waals surface area (Å²) in [5.41, 5.74) is 0.905. The summed E-state index contributed by atoms with van der Waals surface area (Å²) in [6, 6.07) is 10.6. The van der Waals surface area contributed by atoms with E-state index in [0.717, 1.165) is 18.4 Å². The number of amides is 2. The van der Waals surface area contributed by atoms with E-state index in [1.807, 2.05) is 16.3 Å². The molecule has 0 bridgehead atoms. The third-order valence-electron chi connectivity index (χ3n) is 4.29. The molecule has 1 aliphatic rings. The molecule has 23 heavy (non-hydrogen) atoms. The van der Waals surface area contributed by atoms with Crippen LogP contribution in [0.3, 0.4) is 0 Å².